The van der Waals surface area contributed by atoms with E-state index in [0.717, 1.165) is 0 Å². The summed E-state index contributed by atoms with van der Waals surface area (Å²) >= 11 is 10.6. The Morgan fingerprint density at radius 1 is 0.682 bits per heavy atom. The van der Waals surface area contributed by atoms with E-state index >= 15 is 0 Å². The molecule has 0 aromatic rings. The van der Waals surface area contributed by atoms with E-state index < -0.39 is 59.4 Å². The highest BCUT2D eigenvalue weighted by atomic mass is 35.5. The Balaban J connectivity index is -0.000000191. The summed E-state index contributed by atoms with van der Waals surface area (Å²) in [7, 11) is 0. The van der Waals surface area contributed by atoms with Crippen molar-refractivity contribution in [1.29, 1.82) is 5.26 Å². The Bertz CT molecular complexity index is 1420. The number of carboxylic acid groups (broad SMARTS) is 3. The number of alkyl halides is 2. The van der Waals surface area contributed by atoms with Gasteiger partial charge in [0.2, 0.25) is 0 Å². The third-order valence-corrected chi connectivity index (χ3v) is 7.40. The van der Waals surface area contributed by atoms with Crippen molar-refractivity contribution in [2.24, 2.45) is 10.8 Å². The number of amides is 2. The number of nitrogens with zero attached hydrogens (tertiary/aromatic N) is 4. The van der Waals surface area contributed by atoms with Gasteiger partial charge in [0.1, 0.15) is 35.9 Å². The number of carboxylic acids is 3. The molecule has 0 rings (SSSR count). The number of nitrogens with two attached hydrogens (primary N) is 1. The first-order valence-electron chi connectivity index (χ1n) is 20.4. The number of unbranched alkanes of at least 4 members (excludes halogenated alkanes) is 3. The lowest BCUT2D eigenvalue weighted by molar-refractivity contribution is -0.144. The minimum atomic E-state index is -1.13. The van der Waals surface area contributed by atoms with Gasteiger partial charge in [-0.1, -0.05) is 20.0 Å². The Morgan fingerprint density at radius 2 is 1.11 bits per heavy atom. The maximum atomic E-state index is 11.6. The van der Waals surface area contributed by atoms with E-state index in [-0.39, 0.29) is 78.8 Å². The molecule has 0 unspecified atom stereocenters. The number of hydrogen-bond acceptors (Lipinski definition) is 16. The number of nitrogens with one attached hydrogen (secondary N) is 2. The number of halogens is 2. The number of esters is 2. The lowest BCUT2D eigenvalue weighted by Gasteiger charge is -2.22. The van der Waals surface area contributed by atoms with E-state index in [1.54, 1.807) is 41.5 Å². The number of azide groups is 1. The van der Waals surface area contributed by atoms with E-state index in [9.17, 15) is 33.6 Å². The van der Waals surface area contributed by atoms with Crippen LogP contribution in [-0.4, -0.2) is 137 Å². The first-order chi connectivity index (χ1) is 29.9. The average Bonchev–Trinajstić information content (AvgIpc) is 3.19. The van der Waals surface area contributed by atoms with Gasteiger partial charge in [-0.25, -0.2) is 19.2 Å². The lowest BCUT2D eigenvalue weighted by Crippen LogP contribution is -2.43. The quantitative estimate of drug-likeness (QED) is 0.00605. The van der Waals surface area contributed by atoms with Crippen LogP contribution in [0.5, 0.6) is 0 Å². The predicted molar refractivity (Wildman–Crippen MR) is 247 cm³/mol. The second kappa shape index (κ2) is 46.5. The van der Waals surface area contributed by atoms with Crippen LogP contribution in [0.2, 0.25) is 0 Å². The number of rotatable bonds is 28. The summed E-state index contributed by atoms with van der Waals surface area (Å²) in [5, 5.41) is 50.7. The van der Waals surface area contributed by atoms with Crippen LogP contribution >= 0.6 is 23.2 Å². The van der Waals surface area contributed by atoms with Gasteiger partial charge in [0, 0.05) is 36.8 Å². The summed E-state index contributed by atoms with van der Waals surface area (Å²) in [5.41, 5.74) is 12.0. The summed E-state index contributed by atoms with van der Waals surface area (Å²) in [6.45, 7) is 11.3. The molecule has 0 aliphatic carbocycles. The van der Waals surface area contributed by atoms with Gasteiger partial charge in [-0.05, 0) is 118 Å². The van der Waals surface area contributed by atoms with Crippen LogP contribution in [0, 0.1) is 11.5 Å². The van der Waals surface area contributed by atoms with Crippen molar-refractivity contribution in [3.05, 3.63) is 10.4 Å². The molecule has 0 saturated heterocycles. The Morgan fingerprint density at radius 3 is 1.44 bits per heavy atom. The van der Waals surface area contributed by atoms with Crippen LogP contribution in [0.15, 0.2) is 5.11 Å². The van der Waals surface area contributed by atoms with E-state index in [1.807, 2.05) is 0 Å². The zero-order valence-corrected chi connectivity index (χ0v) is 39.2. The van der Waals surface area contributed by atoms with Gasteiger partial charge in [0.15, 0.2) is 0 Å². The van der Waals surface area contributed by atoms with E-state index in [0.29, 0.717) is 76.2 Å². The molecular weight excluding hydrogens is 917 g/mol. The number of aliphatic hydroxyl groups excluding tert-OH is 1. The SMILES string of the molecule is C.C.CC(C)(C)OC(=O)N[C@@H](CCCCO)C(=O)O.CC(C)(C)OC(=O)N[C@@H](CCCCOC(=O)CCCCl)C(=O)O.N#COCCCl.[N-]=[N+]=NCCCC(=O)OCCCC[C@H](N)C(=O)O. The van der Waals surface area contributed by atoms with Crippen LogP contribution in [0.25, 0.3) is 10.4 Å². The zero-order chi connectivity index (χ0) is 50.0. The first kappa shape index (κ1) is 72.6. The smallest absolute Gasteiger partial charge is 0.408 e. The van der Waals surface area contributed by atoms with Gasteiger partial charge in [-0.2, -0.15) is 5.26 Å². The van der Waals surface area contributed by atoms with Crippen molar-refractivity contribution in [1.82, 2.24) is 10.6 Å². The third kappa shape index (κ3) is 57.0. The molecule has 0 heterocycles. The molecule has 0 radical (unpaired) electrons. The molecule has 3 atom stereocenters. The molecule has 23 nitrogen and oxygen atoms in total. The summed E-state index contributed by atoms with van der Waals surface area (Å²) < 4.78 is 24.0. The van der Waals surface area contributed by atoms with Gasteiger partial charge >= 0.3 is 42.0 Å². The molecule has 0 spiro atoms. The molecule has 0 aromatic carbocycles. The molecule has 0 bridgehead atoms. The molecule has 2 amide bonds. The summed E-state index contributed by atoms with van der Waals surface area (Å²) in [6.07, 6.45) is 5.62. The number of nitriles is 1. The predicted octanol–water partition coefficient (Wildman–Crippen LogP) is 7.02. The summed E-state index contributed by atoms with van der Waals surface area (Å²) in [6, 6.07) is -2.86. The number of aliphatic carboxylic acids is 3. The minimum Gasteiger partial charge on any atom is -0.480 e. The molecule has 0 aliphatic heterocycles. The molecule has 0 saturated carbocycles. The van der Waals surface area contributed by atoms with Gasteiger partial charge in [-0.3, -0.25) is 14.4 Å². The molecule has 66 heavy (non-hydrogen) atoms. The van der Waals surface area contributed by atoms with Crippen molar-refractivity contribution >= 4 is 65.2 Å². The topological polar surface area (TPSA) is 369 Å². The summed E-state index contributed by atoms with van der Waals surface area (Å²) in [4.78, 5) is 80.3. The van der Waals surface area contributed by atoms with Gasteiger partial charge in [0.25, 0.3) is 6.26 Å². The number of carbonyl (C=O) groups is 7. The van der Waals surface area contributed by atoms with Crippen LogP contribution in [0.1, 0.15) is 140 Å². The highest BCUT2D eigenvalue weighted by Crippen LogP contribution is 2.10. The Labute approximate surface area is 399 Å². The highest BCUT2D eigenvalue weighted by molar-refractivity contribution is 6.18. The fraction of sp³-hybridized carbons (Fsp3) is 0.805. The minimum absolute atomic E-state index is 0. The van der Waals surface area contributed by atoms with Crippen molar-refractivity contribution in [3.8, 4) is 6.26 Å². The highest BCUT2D eigenvalue weighted by Gasteiger charge is 2.25. The second-order valence-corrected chi connectivity index (χ2v) is 15.9. The lowest BCUT2D eigenvalue weighted by atomic mass is 10.1. The monoisotopic (exact) mass is 993 g/mol. The van der Waals surface area contributed by atoms with E-state index in [4.69, 9.17) is 79.1 Å². The van der Waals surface area contributed by atoms with Gasteiger partial charge in [0.05, 0.1) is 19.1 Å². The molecular formula is C41H77Cl2N7O16. The number of aliphatic hydroxyl groups is 1. The number of carbonyl (C=O) groups excluding carboxylic acids is 4. The molecule has 0 fully saturated rings. The maximum absolute atomic E-state index is 11.6. The van der Waals surface area contributed by atoms with Crippen molar-refractivity contribution in [2.75, 3.05) is 44.7 Å². The van der Waals surface area contributed by atoms with Crippen molar-refractivity contribution in [3.63, 3.8) is 0 Å². The van der Waals surface area contributed by atoms with Gasteiger partial charge < -0.3 is 60.5 Å². The first-order valence-corrected chi connectivity index (χ1v) is 21.5. The maximum Gasteiger partial charge on any atom is 0.408 e. The molecule has 0 aromatic heterocycles. The standard InChI is InChI=1S/C15H26ClNO6.C11H21NO5.C10H18N4O4.C3H4ClNO.2CH4/c1-15(2,3)23-14(21)17-11(13(19)20)7-4-5-10-22-12(18)8-6-9-16;1-11(2,3)17-10(16)12-8(9(14)15)6-4-5-7-13;11-8(10(16)17)4-1-2-7-18-9(15)5-3-6-13-14-12;4-1-2-6-3-5;;/h11H,4-10H2,1-3H3,(H,17,21)(H,19,20);8,13H,4-7H2,1-3H3,(H,12,16)(H,14,15);8H,1-7,11H2,(H,16,17);1-2H2;2*1H4/t11-;2*8-;;;/m000.../s1. The average molecular weight is 995 g/mol. The van der Waals surface area contributed by atoms with Crippen molar-refractivity contribution in [2.45, 2.75) is 169 Å². The zero-order valence-electron chi connectivity index (χ0n) is 37.7. The summed E-state index contributed by atoms with van der Waals surface area (Å²) in [5.74, 6) is -3.12. The Kier molecular flexibility index (Phi) is 51.2. The fourth-order valence-corrected chi connectivity index (χ4v) is 4.28. The number of hydrogen-bond donors (Lipinski definition) is 7. The second-order valence-electron chi connectivity index (χ2n) is 15.2. The largest absolute Gasteiger partial charge is 0.480 e. The third-order valence-electron chi connectivity index (χ3n) is 6.98. The van der Waals surface area contributed by atoms with Gasteiger partial charge in [-0.15, -0.1) is 23.2 Å². The number of ether oxygens (including phenoxy) is 5. The molecule has 25 heteroatoms. The number of alkyl carbamates (subject to hydrolysis) is 2. The van der Waals surface area contributed by atoms with Crippen molar-refractivity contribution < 1.29 is 77.7 Å². The Hall–Kier alpha value is -5.01. The fourth-order valence-electron chi connectivity index (χ4n) is 4.07. The molecule has 8 N–H and O–H groups in total. The van der Waals surface area contributed by atoms with E-state index in [2.05, 4.69) is 25.4 Å². The van der Waals surface area contributed by atoms with Crippen LogP contribution in [-0.2, 0) is 47.7 Å². The molecule has 386 valence electrons. The molecule has 0 aliphatic rings. The van der Waals surface area contributed by atoms with Crippen LogP contribution in [0.4, 0.5) is 9.59 Å². The van der Waals surface area contributed by atoms with Crippen LogP contribution < -0.4 is 16.4 Å². The van der Waals surface area contributed by atoms with E-state index in [1.165, 1.54) is 6.26 Å². The van der Waals surface area contributed by atoms with Crippen LogP contribution in [0.3, 0.4) is 0 Å². The normalized spacial score (nSPS) is 11.3.